The lowest BCUT2D eigenvalue weighted by Gasteiger charge is -2.18. The lowest BCUT2D eigenvalue weighted by atomic mass is 10.3. The van der Waals surface area contributed by atoms with E-state index in [1.165, 1.54) is 5.37 Å². The molecule has 11 heavy (non-hydrogen) atoms. The lowest BCUT2D eigenvalue weighted by Crippen LogP contribution is -2.31. The third-order valence-electron chi connectivity index (χ3n) is 1.21. The number of hydrogen-bond acceptors (Lipinski definition) is 5. The van der Waals surface area contributed by atoms with Crippen molar-refractivity contribution in [2.75, 3.05) is 13.2 Å². The minimum Gasteiger partial charge on any atom is -0.427 e. The average Bonchev–Trinajstić information content (AvgIpc) is 2.28. The monoisotopic (exact) mass is 176 g/mol. The quantitative estimate of drug-likeness (QED) is 0.472. The normalized spacial score (nSPS) is 29.4. The van der Waals surface area contributed by atoms with Crippen LogP contribution in [-0.2, 0) is 14.2 Å². The van der Waals surface area contributed by atoms with Crippen molar-refractivity contribution in [3.63, 3.8) is 0 Å². The minimum absolute atomic E-state index is 0.120. The average molecular weight is 176 g/mol. The predicted molar refractivity (Wildman–Crippen MR) is 40.4 cm³/mol. The van der Waals surface area contributed by atoms with Crippen LogP contribution in [0.3, 0.4) is 0 Å². The van der Waals surface area contributed by atoms with E-state index in [0.29, 0.717) is 0 Å². The van der Waals surface area contributed by atoms with Gasteiger partial charge in [-0.3, -0.25) is 0 Å². The highest BCUT2D eigenvalue weighted by Crippen LogP contribution is 2.20. The fraction of sp³-hybridized carbons (Fsp3) is 0.667. The van der Waals surface area contributed by atoms with Crippen LogP contribution in [0.4, 0.5) is 4.79 Å². The van der Waals surface area contributed by atoms with E-state index in [2.05, 4.69) is 17.0 Å². The van der Waals surface area contributed by atoms with Gasteiger partial charge >= 0.3 is 6.16 Å². The molecule has 0 aromatic heterocycles. The largest absolute Gasteiger partial charge is 0.511 e. The summed E-state index contributed by atoms with van der Waals surface area (Å²) < 4.78 is 14.3. The zero-order chi connectivity index (χ0) is 8.32. The van der Waals surface area contributed by atoms with E-state index in [1.807, 2.05) is 0 Å². The molecule has 1 aliphatic heterocycles. The maximum absolute atomic E-state index is 10.5. The van der Waals surface area contributed by atoms with Crippen LogP contribution >= 0.6 is 12.2 Å². The Labute approximate surface area is 69.4 Å². The van der Waals surface area contributed by atoms with E-state index in [0.717, 1.165) is 0 Å². The molecule has 1 atom stereocenters. The van der Waals surface area contributed by atoms with Gasteiger partial charge in [-0.25, -0.2) is 4.79 Å². The molecular formula is C6H8O4S. The molecule has 0 aromatic carbocycles. The molecule has 0 bridgehead atoms. The third kappa shape index (κ3) is 2.13. The van der Waals surface area contributed by atoms with Gasteiger partial charge < -0.3 is 14.2 Å². The smallest absolute Gasteiger partial charge is 0.427 e. The first-order valence-corrected chi connectivity index (χ1v) is 3.57. The van der Waals surface area contributed by atoms with Gasteiger partial charge in [-0.15, -0.1) is 0 Å². The fourth-order valence-corrected chi connectivity index (χ4v) is 0.775. The molecule has 5 heteroatoms. The zero-order valence-corrected chi connectivity index (χ0v) is 6.85. The van der Waals surface area contributed by atoms with Crippen LogP contribution in [0, 0.1) is 0 Å². The van der Waals surface area contributed by atoms with E-state index < -0.39 is 11.9 Å². The fourth-order valence-electron chi connectivity index (χ4n) is 0.707. The summed E-state index contributed by atoms with van der Waals surface area (Å²) in [5.41, 5.74) is 0. The van der Waals surface area contributed by atoms with Crippen molar-refractivity contribution in [1.82, 2.24) is 0 Å². The van der Waals surface area contributed by atoms with Gasteiger partial charge in [0.25, 0.3) is 0 Å². The van der Waals surface area contributed by atoms with E-state index >= 15 is 0 Å². The molecule has 0 spiro atoms. The van der Waals surface area contributed by atoms with E-state index in [9.17, 15) is 4.79 Å². The third-order valence-corrected chi connectivity index (χ3v) is 1.34. The number of carbonyl (C=O) groups is 1. The number of carbonyl (C=O) groups excluding carboxylic acids is 1. The number of thiocarbonyl (C=S) groups is 1. The van der Waals surface area contributed by atoms with Crippen LogP contribution in [0.15, 0.2) is 0 Å². The summed E-state index contributed by atoms with van der Waals surface area (Å²) in [6, 6.07) is 0. The molecule has 1 rings (SSSR count). The summed E-state index contributed by atoms with van der Waals surface area (Å²) in [6.45, 7) is 2.01. The molecule has 1 heterocycles. The van der Waals surface area contributed by atoms with Crippen LogP contribution in [0.1, 0.15) is 6.92 Å². The molecule has 1 fully saturated rings. The summed E-state index contributed by atoms with van der Waals surface area (Å²) in [4.78, 5) is 10.5. The van der Waals surface area contributed by atoms with Crippen LogP contribution in [0.25, 0.3) is 0 Å². The van der Waals surface area contributed by atoms with E-state index in [1.54, 1.807) is 6.92 Å². The second kappa shape index (κ2) is 3.15. The Bertz CT molecular complexity index is 181. The summed E-state index contributed by atoms with van der Waals surface area (Å²) in [7, 11) is 0. The van der Waals surface area contributed by atoms with Gasteiger partial charge in [0.2, 0.25) is 5.79 Å². The summed E-state index contributed by atoms with van der Waals surface area (Å²) in [5, 5.41) is 1.41. The van der Waals surface area contributed by atoms with Gasteiger partial charge in [-0.2, -0.15) is 0 Å². The van der Waals surface area contributed by atoms with Crippen LogP contribution in [0.2, 0.25) is 0 Å². The van der Waals surface area contributed by atoms with Gasteiger partial charge in [0, 0.05) is 12.3 Å². The molecule has 1 saturated heterocycles. The van der Waals surface area contributed by atoms with Crippen molar-refractivity contribution >= 4 is 23.7 Å². The minimum atomic E-state index is -0.952. The van der Waals surface area contributed by atoms with Crippen molar-refractivity contribution in [3.05, 3.63) is 0 Å². The maximum Gasteiger partial charge on any atom is 0.511 e. The Balaban J connectivity index is 2.41. The number of cyclic esters (lactones) is 2. The topological polar surface area (TPSA) is 44.8 Å². The highest BCUT2D eigenvalue weighted by molar-refractivity contribution is 7.79. The Morgan fingerprint density at radius 3 is 3.09 bits per heavy atom. The molecule has 0 aromatic rings. The van der Waals surface area contributed by atoms with Gasteiger partial charge in [-0.1, -0.05) is 12.2 Å². The summed E-state index contributed by atoms with van der Waals surface area (Å²) in [5.74, 6) is -0.952. The Kier molecular flexibility index (Phi) is 2.41. The SMILES string of the molecule is CC1(OCC=S)COC(=O)O1. The van der Waals surface area contributed by atoms with Crippen LogP contribution in [0.5, 0.6) is 0 Å². The van der Waals surface area contributed by atoms with Crippen molar-refractivity contribution in [3.8, 4) is 0 Å². The second-order valence-corrected chi connectivity index (χ2v) is 2.59. The molecule has 4 nitrogen and oxygen atoms in total. The molecule has 0 radical (unpaired) electrons. The lowest BCUT2D eigenvalue weighted by molar-refractivity contribution is -0.153. The summed E-state index contributed by atoms with van der Waals surface area (Å²) in [6.07, 6.45) is -0.697. The Morgan fingerprint density at radius 1 is 1.91 bits per heavy atom. The molecule has 1 aliphatic rings. The van der Waals surface area contributed by atoms with Crippen molar-refractivity contribution in [2.24, 2.45) is 0 Å². The Hall–Kier alpha value is -0.680. The first kappa shape index (κ1) is 8.42. The van der Waals surface area contributed by atoms with Gasteiger partial charge in [-0.05, 0) is 0 Å². The predicted octanol–water partition coefficient (Wildman–Crippen LogP) is 0.886. The number of ether oxygens (including phenoxy) is 3. The zero-order valence-electron chi connectivity index (χ0n) is 6.03. The molecule has 62 valence electrons. The molecule has 0 aliphatic carbocycles. The van der Waals surface area contributed by atoms with Gasteiger partial charge in [0.05, 0.1) is 6.61 Å². The number of rotatable bonds is 3. The highest BCUT2D eigenvalue weighted by atomic mass is 32.1. The van der Waals surface area contributed by atoms with Gasteiger partial charge in [0.1, 0.15) is 0 Å². The first-order chi connectivity index (χ1) is 5.16. The molecular weight excluding hydrogens is 168 g/mol. The number of hydrogen-bond donors (Lipinski definition) is 0. The highest BCUT2D eigenvalue weighted by Gasteiger charge is 2.38. The molecule has 0 saturated carbocycles. The van der Waals surface area contributed by atoms with Gasteiger partial charge in [0.15, 0.2) is 6.61 Å². The standard InChI is InChI=1S/C6H8O4S/c1-6(9-2-3-11)4-8-5(7)10-6/h3H,2,4H2,1H3. The first-order valence-electron chi connectivity index (χ1n) is 3.10. The van der Waals surface area contributed by atoms with E-state index in [4.69, 9.17) is 9.47 Å². The molecule has 0 amide bonds. The van der Waals surface area contributed by atoms with Crippen molar-refractivity contribution in [1.29, 1.82) is 0 Å². The summed E-state index contributed by atoms with van der Waals surface area (Å²) >= 11 is 4.53. The van der Waals surface area contributed by atoms with Crippen LogP contribution in [-0.4, -0.2) is 30.5 Å². The second-order valence-electron chi connectivity index (χ2n) is 2.25. The van der Waals surface area contributed by atoms with Crippen LogP contribution < -0.4 is 0 Å². The molecule has 1 unspecified atom stereocenters. The maximum atomic E-state index is 10.5. The Morgan fingerprint density at radius 2 is 2.64 bits per heavy atom. The van der Waals surface area contributed by atoms with E-state index in [-0.39, 0.29) is 13.2 Å². The van der Waals surface area contributed by atoms with Crippen molar-refractivity contribution in [2.45, 2.75) is 12.7 Å². The molecule has 0 N–H and O–H groups in total. The van der Waals surface area contributed by atoms with Crippen molar-refractivity contribution < 1.29 is 19.0 Å².